The van der Waals surface area contributed by atoms with Crippen LogP contribution in [0.2, 0.25) is 0 Å². The number of hydrogen-bond donors (Lipinski definition) is 2. The highest BCUT2D eigenvalue weighted by Crippen LogP contribution is 2.24. The average molecular weight is 347 g/mol. The second kappa shape index (κ2) is 7.95. The van der Waals surface area contributed by atoms with Gasteiger partial charge in [-0.3, -0.25) is 0 Å². The predicted octanol–water partition coefficient (Wildman–Crippen LogP) is 4.57. The molecule has 26 heavy (non-hydrogen) atoms. The Kier molecular flexibility index (Phi) is 5.46. The molecule has 5 heteroatoms. The van der Waals surface area contributed by atoms with Crippen molar-refractivity contribution >= 4 is 17.5 Å². The molecule has 2 aromatic carbocycles. The monoisotopic (exact) mass is 347 g/mol. The standard InChI is InChI=1S/C21H25N5/c1-21(2,3)17-9-11-18(12-10-17)24-20-25-19(15-23-26-20)22-14-13-16-7-5-4-6-8-16/h4-12,15H,13-14H2,1-3H3,(H2,22,24,25,26). The fraction of sp³-hybridized carbons (Fsp3) is 0.286. The Hall–Kier alpha value is -2.95. The number of rotatable bonds is 6. The number of nitrogens with one attached hydrogen (secondary N) is 2. The highest BCUT2D eigenvalue weighted by atomic mass is 15.3. The third kappa shape index (κ3) is 5.02. The SMILES string of the molecule is CC(C)(C)c1ccc(Nc2nncc(NCCc3ccccc3)n2)cc1. The van der Waals surface area contributed by atoms with Crippen molar-refractivity contribution in [1.82, 2.24) is 15.2 Å². The third-order valence-corrected chi connectivity index (χ3v) is 4.13. The van der Waals surface area contributed by atoms with Crippen molar-refractivity contribution < 1.29 is 0 Å². The third-order valence-electron chi connectivity index (χ3n) is 4.13. The number of nitrogens with zero attached hydrogens (tertiary/aromatic N) is 3. The zero-order chi connectivity index (χ0) is 18.4. The van der Waals surface area contributed by atoms with Crippen molar-refractivity contribution in [2.24, 2.45) is 0 Å². The maximum Gasteiger partial charge on any atom is 0.249 e. The first-order valence-corrected chi connectivity index (χ1v) is 8.86. The van der Waals surface area contributed by atoms with Crippen molar-refractivity contribution in [2.75, 3.05) is 17.2 Å². The van der Waals surface area contributed by atoms with E-state index in [0.717, 1.165) is 18.7 Å². The topological polar surface area (TPSA) is 62.7 Å². The van der Waals surface area contributed by atoms with Gasteiger partial charge in [0.1, 0.15) is 0 Å². The van der Waals surface area contributed by atoms with E-state index in [9.17, 15) is 0 Å². The van der Waals surface area contributed by atoms with Crippen LogP contribution in [0.25, 0.3) is 0 Å². The summed E-state index contributed by atoms with van der Waals surface area (Å²) in [5.74, 6) is 1.20. The molecular weight excluding hydrogens is 322 g/mol. The lowest BCUT2D eigenvalue weighted by atomic mass is 9.87. The lowest BCUT2D eigenvalue weighted by molar-refractivity contribution is 0.590. The Bertz CT molecular complexity index is 823. The molecule has 0 aliphatic heterocycles. The van der Waals surface area contributed by atoms with Crippen LogP contribution in [-0.2, 0) is 11.8 Å². The van der Waals surface area contributed by atoms with E-state index in [1.807, 2.05) is 18.2 Å². The molecule has 0 aliphatic rings. The van der Waals surface area contributed by atoms with Crippen LogP contribution in [0.3, 0.4) is 0 Å². The Morgan fingerprint density at radius 1 is 0.923 bits per heavy atom. The average Bonchev–Trinajstić information content (AvgIpc) is 2.63. The lowest BCUT2D eigenvalue weighted by Gasteiger charge is -2.19. The van der Waals surface area contributed by atoms with Gasteiger partial charge in [0.2, 0.25) is 5.95 Å². The largest absolute Gasteiger partial charge is 0.368 e. The summed E-state index contributed by atoms with van der Waals surface area (Å²) in [5, 5.41) is 14.6. The van der Waals surface area contributed by atoms with Gasteiger partial charge in [0, 0.05) is 12.2 Å². The molecule has 0 fully saturated rings. The molecule has 0 atom stereocenters. The number of benzene rings is 2. The summed E-state index contributed by atoms with van der Waals surface area (Å²) in [6, 6.07) is 18.7. The van der Waals surface area contributed by atoms with Crippen LogP contribution in [0.1, 0.15) is 31.9 Å². The van der Waals surface area contributed by atoms with Crippen LogP contribution in [0.4, 0.5) is 17.5 Å². The molecule has 3 aromatic rings. The molecule has 5 nitrogen and oxygen atoms in total. The molecule has 2 N–H and O–H groups in total. The minimum Gasteiger partial charge on any atom is -0.368 e. The first-order chi connectivity index (χ1) is 12.5. The van der Waals surface area contributed by atoms with E-state index < -0.39 is 0 Å². The van der Waals surface area contributed by atoms with Crippen LogP contribution in [0.15, 0.2) is 60.8 Å². The molecule has 0 saturated heterocycles. The molecule has 0 amide bonds. The second-order valence-electron chi connectivity index (χ2n) is 7.28. The zero-order valence-corrected chi connectivity index (χ0v) is 15.5. The van der Waals surface area contributed by atoms with Gasteiger partial charge in [-0.2, -0.15) is 10.1 Å². The molecule has 0 saturated carbocycles. The maximum atomic E-state index is 4.47. The van der Waals surface area contributed by atoms with Crippen LogP contribution in [0.5, 0.6) is 0 Å². The van der Waals surface area contributed by atoms with Crippen molar-refractivity contribution in [3.63, 3.8) is 0 Å². The summed E-state index contributed by atoms with van der Waals surface area (Å²) in [4.78, 5) is 4.47. The summed E-state index contributed by atoms with van der Waals surface area (Å²) >= 11 is 0. The maximum absolute atomic E-state index is 4.47. The summed E-state index contributed by atoms with van der Waals surface area (Å²) in [6.07, 6.45) is 2.57. The summed E-state index contributed by atoms with van der Waals surface area (Å²) < 4.78 is 0. The van der Waals surface area contributed by atoms with Gasteiger partial charge < -0.3 is 10.6 Å². The van der Waals surface area contributed by atoms with Gasteiger partial charge in [-0.1, -0.05) is 63.2 Å². The fourth-order valence-electron chi connectivity index (χ4n) is 2.60. The van der Waals surface area contributed by atoms with Crippen molar-refractivity contribution in [1.29, 1.82) is 0 Å². The van der Waals surface area contributed by atoms with E-state index in [4.69, 9.17) is 0 Å². The van der Waals surface area contributed by atoms with Crippen molar-refractivity contribution in [2.45, 2.75) is 32.6 Å². The summed E-state index contributed by atoms with van der Waals surface area (Å²) in [7, 11) is 0. The molecule has 134 valence electrons. The van der Waals surface area contributed by atoms with Gasteiger partial charge in [-0.25, -0.2) is 0 Å². The molecule has 1 aromatic heterocycles. The molecule has 0 spiro atoms. The normalized spacial score (nSPS) is 11.2. The number of hydrogen-bond acceptors (Lipinski definition) is 5. The van der Waals surface area contributed by atoms with Gasteiger partial charge in [0.05, 0.1) is 6.20 Å². The predicted molar refractivity (Wildman–Crippen MR) is 107 cm³/mol. The molecule has 0 unspecified atom stereocenters. The van der Waals surface area contributed by atoms with Gasteiger partial charge >= 0.3 is 0 Å². The first kappa shape index (κ1) is 17.9. The van der Waals surface area contributed by atoms with E-state index in [0.29, 0.717) is 11.8 Å². The van der Waals surface area contributed by atoms with E-state index in [1.165, 1.54) is 11.1 Å². The molecule has 1 heterocycles. The molecule has 3 rings (SSSR count). The van der Waals surface area contributed by atoms with E-state index >= 15 is 0 Å². The minimum absolute atomic E-state index is 0.138. The smallest absolute Gasteiger partial charge is 0.249 e. The van der Waals surface area contributed by atoms with Gasteiger partial charge in [-0.15, -0.1) is 5.10 Å². The summed E-state index contributed by atoms with van der Waals surface area (Å²) in [6.45, 7) is 7.40. The molecule has 0 bridgehead atoms. The number of anilines is 3. The van der Waals surface area contributed by atoms with Crippen molar-refractivity contribution in [3.05, 3.63) is 71.9 Å². The van der Waals surface area contributed by atoms with E-state index in [-0.39, 0.29) is 5.41 Å². The molecule has 0 aliphatic carbocycles. The molecule has 0 radical (unpaired) electrons. The zero-order valence-electron chi connectivity index (χ0n) is 15.5. The minimum atomic E-state index is 0.138. The second-order valence-corrected chi connectivity index (χ2v) is 7.28. The van der Waals surface area contributed by atoms with Crippen LogP contribution in [0, 0.1) is 0 Å². The van der Waals surface area contributed by atoms with Crippen molar-refractivity contribution in [3.8, 4) is 0 Å². The van der Waals surface area contributed by atoms with Crippen LogP contribution >= 0.6 is 0 Å². The highest BCUT2D eigenvalue weighted by molar-refractivity contribution is 5.55. The first-order valence-electron chi connectivity index (χ1n) is 8.86. The summed E-state index contributed by atoms with van der Waals surface area (Å²) in [5.41, 5.74) is 3.66. The fourth-order valence-corrected chi connectivity index (χ4v) is 2.60. The Morgan fingerprint density at radius 3 is 2.35 bits per heavy atom. The number of aromatic nitrogens is 3. The van der Waals surface area contributed by atoms with Gasteiger partial charge in [0.25, 0.3) is 0 Å². The van der Waals surface area contributed by atoms with Gasteiger partial charge in [0.15, 0.2) is 5.82 Å². The quantitative estimate of drug-likeness (QED) is 0.684. The Morgan fingerprint density at radius 2 is 1.65 bits per heavy atom. The van der Waals surface area contributed by atoms with Crippen LogP contribution in [-0.4, -0.2) is 21.7 Å². The van der Waals surface area contributed by atoms with E-state index in [2.05, 4.69) is 83.0 Å². The molecular formula is C21H25N5. The van der Waals surface area contributed by atoms with E-state index in [1.54, 1.807) is 6.20 Å². The Labute approximate surface area is 154 Å². The van der Waals surface area contributed by atoms with Gasteiger partial charge in [-0.05, 0) is 35.1 Å². The highest BCUT2D eigenvalue weighted by Gasteiger charge is 2.13. The Balaban J connectivity index is 1.58. The lowest BCUT2D eigenvalue weighted by Crippen LogP contribution is -2.11. The van der Waals surface area contributed by atoms with Crippen LogP contribution < -0.4 is 10.6 Å².